The molecule has 0 unspecified atom stereocenters. The number of hydrogen-bond acceptors (Lipinski definition) is 6. The Kier molecular flexibility index (Phi) is 11.3. The van der Waals surface area contributed by atoms with E-state index in [1.54, 1.807) is 72.8 Å². The van der Waals surface area contributed by atoms with Crippen LogP contribution in [0, 0.1) is 0 Å². The molecule has 0 atom stereocenters. The lowest BCUT2D eigenvalue weighted by Crippen LogP contribution is -2.30. The molecule has 0 fully saturated rings. The van der Waals surface area contributed by atoms with E-state index in [0.717, 1.165) is 30.0 Å². The van der Waals surface area contributed by atoms with E-state index in [0.29, 0.717) is 33.2 Å². The van der Waals surface area contributed by atoms with Crippen LogP contribution in [0.4, 0.5) is 24.5 Å². The molecule has 4 rings (SSSR count). The quantitative estimate of drug-likeness (QED) is 0.113. The fourth-order valence-electron chi connectivity index (χ4n) is 4.03. The predicted molar refractivity (Wildman–Crippen MR) is 172 cm³/mol. The van der Waals surface area contributed by atoms with Gasteiger partial charge in [-0.3, -0.25) is 14.4 Å². The Morgan fingerprint density at radius 1 is 0.870 bits per heavy atom. The smallest absolute Gasteiger partial charge is 0.416 e. The number of amides is 3. The van der Waals surface area contributed by atoms with E-state index in [4.69, 9.17) is 21.1 Å². The van der Waals surface area contributed by atoms with E-state index in [1.165, 1.54) is 20.3 Å². The summed E-state index contributed by atoms with van der Waals surface area (Å²) in [6, 6.07) is 22.6. The monoisotopic (exact) mass is 669 g/mol. The number of carbonyl (C=O) groups excluding carboxylic acids is 3. The van der Waals surface area contributed by atoms with Crippen molar-refractivity contribution in [3.05, 3.63) is 118 Å². The summed E-state index contributed by atoms with van der Waals surface area (Å²) >= 11 is 7.07. The highest BCUT2D eigenvalue weighted by atomic mass is 35.5. The number of thioether (sulfide) groups is 1. The summed E-state index contributed by atoms with van der Waals surface area (Å²) in [5, 5.41) is 7.77. The maximum atomic E-state index is 13.5. The molecule has 0 aliphatic carbocycles. The summed E-state index contributed by atoms with van der Waals surface area (Å²) in [5.74, 6) is -0.940. The molecule has 3 amide bonds. The first-order chi connectivity index (χ1) is 22.0. The number of benzene rings is 4. The maximum absolute atomic E-state index is 13.5. The summed E-state index contributed by atoms with van der Waals surface area (Å²) in [6.07, 6.45) is -3.12. The molecule has 4 aromatic carbocycles. The Morgan fingerprint density at radius 2 is 1.63 bits per heavy atom. The zero-order chi connectivity index (χ0) is 33.3. The van der Waals surface area contributed by atoms with Crippen LogP contribution in [0.1, 0.15) is 21.5 Å². The second kappa shape index (κ2) is 15.4. The fourth-order valence-corrected chi connectivity index (χ4v) is 4.95. The highest BCUT2D eigenvalue weighted by Crippen LogP contribution is 2.34. The highest BCUT2D eigenvalue weighted by molar-refractivity contribution is 8.00. The van der Waals surface area contributed by atoms with E-state index in [2.05, 4.69) is 16.0 Å². The van der Waals surface area contributed by atoms with Gasteiger partial charge in [0.15, 0.2) is 0 Å². The minimum Gasteiger partial charge on any atom is -0.497 e. The van der Waals surface area contributed by atoms with E-state index >= 15 is 0 Å². The van der Waals surface area contributed by atoms with Crippen LogP contribution < -0.4 is 25.4 Å². The van der Waals surface area contributed by atoms with Gasteiger partial charge in [-0.2, -0.15) is 13.2 Å². The number of carbonyl (C=O) groups is 3. The van der Waals surface area contributed by atoms with Crippen molar-refractivity contribution in [2.75, 3.05) is 30.6 Å². The summed E-state index contributed by atoms with van der Waals surface area (Å²) in [7, 11) is 2.97. The van der Waals surface area contributed by atoms with Crippen LogP contribution in [0.5, 0.6) is 11.5 Å². The SMILES string of the molecule is COc1ccc(/C=C(/NC(=O)c2ccccc2)C(=O)Nc2cccc(SCC(=O)Nc3cc(C(F)(F)F)ccc3Cl)c2)c(OC)c1. The molecule has 0 spiro atoms. The van der Waals surface area contributed by atoms with Gasteiger partial charge in [0, 0.05) is 27.8 Å². The molecule has 0 saturated heterocycles. The Morgan fingerprint density at radius 3 is 2.33 bits per heavy atom. The van der Waals surface area contributed by atoms with Gasteiger partial charge in [-0.05, 0) is 66.7 Å². The van der Waals surface area contributed by atoms with Crippen LogP contribution in [0.15, 0.2) is 102 Å². The second-order valence-corrected chi connectivity index (χ2v) is 11.0. The number of nitrogens with one attached hydrogen (secondary N) is 3. The molecule has 0 aromatic heterocycles. The third-order valence-corrected chi connectivity index (χ3v) is 7.62. The van der Waals surface area contributed by atoms with Gasteiger partial charge in [0.05, 0.1) is 36.2 Å². The highest BCUT2D eigenvalue weighted by Gasteiger charge is 2.31. The van der Waals surface area contributed by atoms with Crippen LogP contribution in [0.3, 0.4) is 0 Å². The lowest BCUT2D eigenvalue weighted by Gasteiger charge is -2.14. The maximum Gasteiger partial charge on any atom is 0.416 e. The van der Waals surface area contributed by atoms with Gasteiger partial charge < -0.3 is 25.4 Å². The number of rotatable bonds is 11. The standard InChI is InChI=1S/C33H27ClF3N3O5S/c1-44-24-13-11-21(29(18-24)45-2)15-28(40-31(42)20-7-4-3-5-8-20)32(43)38-23-9-6-10-25(17-23)46-19-30(41)39-27-16-22(33(35,36)37)12-14-26(27)34/h3-18H,19H2,1-2H3,(H,38,43)(H,39,41)(H,40,42)/b28-15+. The van der Waals surface area contributed by atoms with Crippen molar-refractivity contribution in [1.29, 1.82) is 0 Å². The molecule has 0 aliphatic heterocycles. The Hall–Kier alpha value is -4.94. The topological polar surface area (TPSA) is 106 Å². The van der Waals surface area contributed by atoms with Gasteiger partial charge in [-0.15, -0.1) is 11.8 Å². The Labute approximate surface area is 271 Å². The third kappa shape index (κ3) is 9.29. The van der Waals surface area contributed by atoms with Crippen molar-refractivity contribution in [3.8, 4) is 11.5 Å². The van der Waals surface area contributed by atoms with Crippen molar-refractivity contribution in [2.24, 2.45) is 0 Å². The summed E-state index contributed by atoms with van der Waals surface area (Å²) in [6.45, 7) is 0. The van der Waals surface area contributed by atoms with E-state index in [9.17, 15) is 27.6 Å². The van der Waals surface area contributed by atoms with Crippen molar-refractivity contribution in [2.45, 2.75) is 11.1 Å². The van der Waals surface area contributed by atoms with Crippen molar-refractivity contribution in [3.63, 3.8) is 0 Å². The predicted octanol–water partition coefficient (Wildman–Crippen LogP) is 7.52. The number of anilines is 2. The van der Waals surface area contributed by atoms with Crippen molar-refractivity contribution < 1.29 is 37.0 Å². The molecule has 0 radical (unpaired) electrons. The molecule has 3 N–H and O–H groups in total. The van der Waals surface area contributed by atoms with E-state index in [-0.39, 0.29) is 22.2 Å². The molecular formula is C33H27ClF3N3O5S. The van der Waals surface area contributed by atoms with Crippen LogP contribution >= 0.6 is 23.4 Å². The summed E-state index contributed by atoms with van der Waals surface area (Å²) < 4.78 is 49.9. The molecule has 46 heavy (non-hydrogen) atoms. The largest absolute Gasteiger partial charge is 0.497 e. The first kappa shape index (κ1) is 33.9. The average Bonchev–Trinajstić information content (AvgIpc) is 3.04. The van der Waals surface area contributed by atoms with Crippen LogP contribution in [-0.2, 0) is 15.8 Å². The van der Waals surface area contributed by atoms with Gasteiger partial charge in [-0.25, -0.2) is 0 Å². The van der Waals surface area contributed by atoms with E-state index in [1.807, 2.05) is 0 Å². The molecule has 4 aromatic rings. The van der Waals surface area contributed by atoms with Crippen molar-refractivity contribution in [1.82, 2.24) is 5.32 Å². The fraction of sp³-hybridized carbons (Fsp3) is 0.121. The van der Waals surface area contributed by atoms with Gasteiger partial charge >= 0.3 is 6.18 Å². The average molecular weight is 670 g/mol. The number of hydrogen-bond donors (Lipinski definition) is 3. The third-order valence-electron chi connectivity index (χ3n) is 6.30. The zero-order valence-electron chi connectivity index (χ0n) is 24.4. The van der Waals surface area contributed by atoms with Crippen LogP contribution in [0.2, 0.25) is 5.02 Å². The van der Waals surface area contributed by atoms with Gasteiger partial charge in [0.2, 0.25) is 5.91 Å². The van der Waals surface area contributed by atoms with Crippen LogP contribution in [-0.4, -0.2) is 37.7 Å². The molecule has 238 valence electrons. The second-order valence-electron chi connectivity index (χ2n) is 9.50. The first-order valence-corrected chi connectivity index (χ1v) is 14.8. The minimum atomic E-state index is -4.59. The number of methoxy groups -OCH3 is 2. The number of ether oxygens (including phenoxy) is 2. The molecule has 0 heterocycles. The lowest BCUT2D eigenvalue weighted by atomic mass is 10.1. The first-order valence-electron chi connectivity index (χ1n) is 13.5. The van der Waals surface area contributed by atoms with Gasteiger partial charge in [0.25, 0.3) is 11.8 Å². The molecule has 0 bridgehead atoms. The molecule has 8 nitrogen and oxygen atoms in total. The molecule has 13 heteroatoms. The van der Waals surface area contributed by atoms with Crippen LogP contribution in [0.25, 0.3) is 6.08 Å². The summed E-state index contributed by atoms with van der Waals surface area (Å²) in [4.78, 5) is 39.6. The number of halogens is 4. The van der Waals surface area contributed by atoms with E-state index < -0.39 is 29.5 Å². The summed E-state index contributed by atoms with van der Waals surface area (Å²) in [5.41, 5.74) is 0.0187. The zero-order valence-corrected chi connectivity index (χ0v) is 26.0. The minimum absolute atomic E-state index is 0.0356. The Bertz CT molecular complexity index is 1770. The van der Waals surface area contributed by atoms with Gasteiger partial charge in [-0.1, -0.05) is 35.9 Å². The van der Waals surface area contributed by atoms with Crippen molar-refractivity contribution >= 4 is 58.5 Å². The molecule has 0 saturated carbocycles. The number of alkyl halides is 3. The van der Waals surface area contributed by atoms with Gasteiger partial charge in [0.1, 0.15) is 17.2 Å². The normalized spacial score (nSPS) is 11.4. The molecule has 0 aliphatic rings. The molecular weight excluding hydrogens is 643 g/mol. The lowest BCUT2D eigenvalue weighted by molar-refractivity contribution is -0.137. The Balaban J connectivity index is 1.49.